The molecular formula is C18H28N4O4. The molecule has 8 nitrogen and oxygen atoms in total. The van der Waals surface area contributed by atoms with E-state index in [9.17, 15) is 9.59 Å². The van der Waals surface area contributed by atoms with Crippen LogP contribution in [0.1, 0.15) is 6.92 Å². The van der Waals surface area contributed by atoms with E-state index in [1.54, 1.807) is 34.9 Å². The van der Waals surface area contributed by atoms with E-state index in [0.717, 1.165) is 0 Å². The van der Waals surface area contributed by atoms with E-state index < -0.39 is 0 Å². The van der Waals surface area contributed by atoms with Gasteiger partial charge in [-0.3, -0.25) is 0 Å². The van der Waals surface area contributed by atoms with Crippen molar-refractivity contribution in [2.75, 3.05) is 65.4 Å². The number of nitrogens with zero attached hydrogens (tertiary/aromatic N) is 3. The van der Waals surface area contributed by atoms with Crippen LogP contribution in [0.15, 0.2) is 24.3 Å². The minimum absolute atomic E-state index is 0.0295. The van der Waals surface area contributed by atoms with Gasteiger partial charge in [0.25, 0.3) is 0 Å². The van der Waals surface area contributed by atoms with Crippen molar-refractivity contribution in [1.29, 1.82) is 0 Å². The first-order valence-corrected chi connectivity index (χ1v) is 8.84. The maximum atomic E-state index is 12.5. The summed E-state index contributed by atoms with van der Waals surface area (Å²) in [4.78, 5) is 29.5. The molecule has 0 radical (unpaired) electrons. The standard InChI is InChI=1S/C18H28N4O4/c1-4-25-13-14-26-16-8-6-5-7-15(16)19-17(23)21-9-11-22(12-10-21)18(24)20(2)3/h5-8H,4,9-14H2,1-3H3,(H,19,23). The fourth-order valence-corrected chi connectivity index (χ4v) is 2.63. The number of piperazine rings is 1. The second kappa shape index (κ2) is 9.86. The van der Waals surface area contributed by atoms with Gasteiger partial charge in [-0.25, -0.2) is 9.59 Å². The Morgan fingerprint density at radius 3 is 2.38 bits per heavy atom. The molecule has 0 aliphatic carbocycles. The van der Waals surface area contributed by atoms with E-state index in [0.29, 0.717) is 57.4 Å². The van der Waals surface area contributed by atoms with Crippen LogP contribution in [0.25, 0.3) is 0 Å². The Hall–Kier alpha value is -2.48. The maximum absolute atomic E-state index is 12.5. The van der Waals surface area contributed by atoms with E-state index >= 15 is 0 Å². The lowest BCUT2D eigenvalue weighted by Crippen LogP contribution is -2.53. The number of hydrogen-bond donors (Lipinski definition) is 1. The number of hydrogen-bond acceptors (Lipinski definition) is 4. The van der Waals surface area contributed by atoms with E-state index in [1.807, 2.05) is 25.1 Å². The zero-order valence-corrected chi connectivity index (χ0v) is 15.7. The number of rotatable bonds is 6. The van der Waals surface area contributed by atoms with Crippen LogP contribution < -0.4 is 10.1 Å². The minimum atomic E-state index is -0.192. The number of urea groups is 2. The normalized spacial score (nSPS) is 14.1. The molecule has 4 amide bonds. The molecule has 1 N–H and O–H groups in total. The van der Waals surface area contributed by atoms with Crippen molar-refractivity contribution in [3.8, 4) is 5.75 Å². The van der Waals surface area contributed by atoms with Crippen LogP contribution in [0, 0.1) is 0 Å². The Morgan fingerprint density at radius 2 is 1.73 bits per heavy atom. The Balaban J connectivity index is 1.87. The van der Waals surface area contributed by atoms with Gasteiger partial charge in [-0.15, -0.1) is 0 Å². The van der Waals surface area contributed by atoms with Crippen molar-refractivity contribution < 1.29 is 19.1 Å². The maximum Gasteiger partial charge on any atom is 0.322 e. The molecule has 2 rings (SSSR count). The van der Waals surface area contributed by atoms with Gasteiger partial charge < -0.3 is 29.5 Å². The van der Waals surface area contributed by atoms with Gasteiger partial charge in [0.2, 0.25) is 0 Å². The monoisotopic (exact) mass is 364 g/mol. The van der Waals surface area contributed by atoms with E-state index in [2.05, 4.69) is 5.32 Å². The highest BCUT2D eigenvalue weighted by atomic mass is 16.5. The molecule has 1 aromatic carbocycles. The summed E-state index contributed by atoms with van der Waals surface area (Å²) in [7, 11) is 3.45. The fourth-order valence-electron chi connectivity index (χ4n) is 2.63. The average molecular weight is 364 g/mol. The minimum Gasteiger partial charge on any atom is -0.489 e. The van der Waals surface area contributed by atoms with Crippen LogP contribution in [0.4, 0.5) is 15.3 Å². The molecule has 8 heteroatoms. The third-order valence-corrected chi connectivity index (χ3v) is 4.04. The van der Waals surface area contributed by atoms with Gasteiger partial charge in [0.05, 0.1) is 12.3 Å². The summed E-state index contributed by atoms with van der Waals surface area (Å²) in [5, 5.41) is 2.90. The van der Waals surface area contributed by atoms with Crippen LogP contribution in [-0.4, -0.2) is 86.9 Å². The summed E-state index contributed by atoms with van der Waals surface area (Å²) in [6.45, 7) is 5.54. The second-order valence-electron chi connectivity index (χ2n) is 6.12. The molecule has 0 spiro atoms. The zero-order chi connectivity index (χ0) is 18.9. The summed E-state index contributed by atoms with van der Waals surface area (Å²) in [5.41, 5.74) is 0.626. The summed E-state index contributed by atoms with van der Waals surface area (Å²) in [6.07, 6.45) is 0. The first-order valence-electron chi connectivity index (χ1n) is 8.84. The van der Waals surface area contributed by atoms with Gasteiger partial charge in [0.15, 0.2) is 0 Å². The molecule has 0 atom stereocenters. The van der Waals surface area contributed by atoms with Crippen LogP contribution in [0.3, 0.4) is 0 Å². The van der Waals surface area contributed by atoms with Gasteiger partial charge in [-0.05, 0) is 19.1 Å². The number of ether oxygens (including phenoxy) is 2. The summed E-state index contributed by atoms with van der Waals surface area (Å²) in [6, 6.07) is 7.10. The van der Waals surface area contributed by atoms with Gasteiger partial charge >= 0.3 is 12.1 Å². The zero-order valence-electron chi connectivity index (χ0n) is 15.7. The number of anilines is 1. The van der Waals surface area contributed by atoms with E-state index in [-0.39, 0.29) is 12.1 Å². The first-order chi connectivity index (χ1) is 12.5. The molecule has 1 aliphatic rings. The van der Waals surface area contributed by atoms with Gasteiger partial charge in [-0.2, -0.15) is 0 Å². The molecule has 1 aliphatic heterocycles. The molecule has 1 fully saturated rings. The lowest BCUT2D eigenvalue weighted by molar-refractivity contribution is 0.110. The number of benzene rings is 1. The quantitative estimate of drug-likeness (QED) is 0.783. The third-order valence-electron chi connectivity index (χ3n) is 4.04. The molecule has 1 heterocycles. The topological polar surface area (TPSA) is 74.4 Å². The van der Waals surface area contributed by atoms with Crippen molar-refractivity contribution in [3.05, 3.63) is 24.3 Å². The first kappa shape index (κ1) is 19.8. The fraction of sp³-hybridized carbons (Fsp3) is 0.556. The molecule has 0 aromatic heterocycles. The molecular weight excluding hydrogens is 336 g/mol. The van der Waals surface area contributed by atoms with Gasteiger partial charge in [0.1, 0.15) is 12.4 Å². The highest BCUT2D eigenvalue weighted by Gasteiger charge is 2.25. The van der Waals surface area contributed by atoms with E-state index in [1.165, 1.54) is 0 Å². The number of amides is 4. The van der Waals surface area contributed by atoms with Gasteiger partial charge in [-0.1, -0.05) is 12.1 Å². The summed E-state index contributed by atoms with van der Waals surface area (Å²) in [5.74, 6) is 0.613. The smallest absolute Gasteiger partial charge is 0.322 e. The van der Waals surface area contributed by atoms with Crippen molar-refractivity contribution in [2.24, 2.45) is 0 Å². The predicted octanol–water partition coefficient (Wildman–Crippen LogP) is 1.93. The Bertz CT molecular complexity index is 601. The lowest BCUT2D eigenvalue weighted by atomic mass is 10.3. The van der Waals surface area contributed by atoms with Crippen molar-refractivity contribution in [1.82, 2.24) is 14.7 Å². The van der Waals surface area contributed by atoms with Crippen LogP contribution in [-0.2, 0) is 4.74 Å². The third kappa shape index (κ3) is 5.52. The average Bonchev–Trinajstić information content (AvgIpc) is 2.66. The number of carbonyl (C=O) groups excluding carboxylic acids is 2. The Morgan fingerprint density at radius 1 is 1.08 bits per heavy atom. The van der Waals surface area contributed by atoms with Crippen LogP contribution in [0.2, 0.25) is 0 Å². The second-order valence-corrected chi connectivity index (χ2v) is 6.12. The Labute approximate surface area is 154 Å². The largest absolute Gasteiger partial charge is 0.489 e. The number of para-hydroxylation sites is 2. The van der Waals surface area contributed by atoms with Crippen molar-refractivity contribution >= 4 is 17.7 Å². The molecule has 144 valence electrons. The highest BCUT2D eigenvalue weighted by Crippen LogP contribution is 2.24. The lowest BCUT2D eigenvalue weighted by Gasteiger charge is -2.35. The van der Waals surface area contributed by atoms with Crippen LogP contribution >= 0.6 is 0 Å². The van der Waals surface area contributed by atoms with Crippen LogP contribution in [0.5, 0.6) is 5.75 Å². The van der Waals surface area contributed by atoms with Crippen molar-refractivity contribution in [2.45, 2.75) is 6.92 Å². The highest BCUT2D eigenvalue weighted by molar-refractivity contribution is 5.91. The molecule has 1 saturated heterocycles. The predicted molar refractivity (Wildman–Crippen MR) is 99.7 cm³/mol. The number of nitrogens with one attached hydrogen (secondary N) is 1. The van der Waals surface area contributed by atoms with Crippen molar-refractivity contribution in [3.63, 3.8) is 0 Å². The summed E-state index contributed by atoms with van der Waals surface area (Å²) < 4.78 is 10.9. The summed E-state index contributed by atoms with van der Waals surface area (Å²) >= 11 is 0. The SMILES string of the molecule is CCOCCOc1ccccc1NC(=O)N1CCN(C(=O)N(C)C)CC1. The molecule has 0 unspecified atom stereocenters. The Kier molecular flexibility index (Phi) is 7.53. The molecule has 1 aromatic rings. The molecule has 0 saturated carbocycles. The van der Waals surface area contributed by atoms with Gasteiger partial charge in [0, 0.05) is 46.9 Å². The van der Waals surface area contributed by atoms with E-state index in [4.69, 9.17) is 9.47 Å². The molecule has 0 bridgehead atoms. The number of carbonyl (C=O) groups is 2. The molecule has 26 heavy (non-hydrogen) atoms.